The third-order valence-corrected chi connectivity index (χ3v) is 3.81. The molecule has 0 amide bonds. The fourth-order valence-corrected chi connectivity index (χ4v) is 2.80. The van der Waals surface area contributed by atoms with Gasteiger partial charge in [0, 0.05) is 30.0 Å². The molecular weight excluding hydrogens is 308 g/mol. The number of hydrogen-bond donors (Lipinski definition) is 1. The molecule has 0 spiro atoms. The van der Waals surface area contributed by atoms with Gasteiger partial charge in [0.2, 0.25) is 0 Å². The molecule has 1 N–H and O–H groups in total. The summed E-state index contributed by atoms with van der Waals surface area (Å²) in [5, 5.41) is 3.88. The van der Waals surface area contributed by atoms with Crippen molar-refractivity contribution in [2.45, 2.75) is 4.90 Å². The maximum Gasteiger partial charge on any atom is 0.264 e. The van der Waals surface area contributed by atoms with Crippen LogP contribution in [0.1, 0.15) is 0 Å². The molecule has 90 valence electrons. The van der Waals surface area contributed by atoms with E-state index >= 15 is 0 Å². The van der Waals surface area contributed by atoms with E-state index in [9.17, 15) is 8.42 Å². The first-order valence-corrected chi connectivity index (χ1v) is 6.88. The summed E-state index contributed by atoms with van der Waals surface area (Å²) >= 11 is 3.17. The molecule has 0 saturated carbocycles. The highest BCUT2D eigenvalue weighted by atomic mass is 79.9. The Balaban J connectivity index is 2.35. The maximum atomic E-state index is 12.0. The third-order valence-electron chi connectivity index (χ3n) is 2.05. The van der Waals surface area contributed by atoms with Crippen LogP contribution in [-0.2, 0) is 17.1 Å². The van der Waals surface area contributed by atoms with Crippen LogP contribution in [0.2, 0.25) is 0 Å². The second kappa shape index (κ2) is 4.46. The molecule has 0 fully saturated rings. The van der Waals surface area contributed by atoms with Gasteiger partial charge in [0.15, 0.2) is 0 Å². The van der Waals surface area contributed by atoms with Crippen LogP contribution in [0.5, 0.6) is 0 Å². The van der Waals surface area contributed by atoms with Gasteiger partial charge in [-0.1, -0.05) is 0 Å². The monoisotopic (exact) mass is 316 g/mol. The van der Waals surface area contributed by atoms with Crippen LogP contribution in [0.4, 0.5) is 5.82 Å². The van der Waals surface area contributed by atoms with Crippen molar-refractivity contribution in [3.63, 3.8) is 0 Å². The summed E-state index contributed by atoms with van der Waals surface area (Å²) in [4.78, 5) is 3.90. The number of nitrogens with one attached hydrogen (secondary N) is 1. The van der Waals surface area contributed by atoms with Crippen LogP contribution >= 0.6 is 15.9 Å². The number of halogens is 1. The lowest BCUT2D eigenvalue weighted by Crippen LogP contribution is -2.15. The molecule has 0 bridgehead atoms. The quantitative estimate of drug-likeness (QED) is 0.928. The SMILES string of the molecule is Cn1nccc1NS(=O)(=O)c1cncc(Br)c1. The number of hydrogen-bond acceptors (Lipinski definition) is 4. The van der Waals surface area contributed by atoms with E-state index in [1.807, 2.05) is 0 Å². The number of aryl methyl sites for hydroxylation is 1. The molecule has 0 aliphatic heterocycles. The van der Waals surface area contributed by atoms with Gasteiger partial charge in [-0.2, -0.15) is 5.10 Å². The standard InChI is InChI=1S/C9H9BrN4O2S/c1-14-9(2-3-12-14)13-17(15,16)8-4-7(10)5-11-6-8/h2-6,13H,1H3. The van der Waals surface area contributed by atoms with Gasteiger partial charge < -0.3 is 0 Å². The summed E-state index contributed by atoms with van der Waals surface area (Å²) in [6, 6.07) is 3.05. The molecule has 0 saturated heterocycles. The minimum Gasteiger partial charge on any atom is -0.264 e. The van der Waals surface area contributed by atoms with Crippen molar-refractivity contribution in [1.29, 1.82) is 0 Å². The lowest BCUT2D eigenvalue weighted by atomic mass is 10.5. The largest absolute Gasteiger partial charge is 0.264 e. The maximum absolute atomic E-state index is 12.0. The minimum absolute atomic E-state index is 0.0908. The number of pyridine rings is 1. The van der Waals surface area contributed by atoms with Crippen molar-refractivity contribution < 1.29 is 8.42 Å². The Morgan fingerprint density at radius 2 is 2.18 bits per heavy atom. The minimum atomic E-state index is -3.63. The molecular formula is C9H9BrN4O2S. The molecule has 0 unspecified atom stereocenters. The Morgan fingerprint density at radius 3 is 2.76 bits per heavy atom. The van der Waals surface area contributed by atoms with E-state index < -0.39 is 10.0 Å². The zero-order valence-electron chi connectivity index (χ0n) is 8.83. The highest BCUT2D eigenvalue weighted by molar-refractivity contribution is 9.10. The fourth-order valence-electron chi connectivity index (χ4n) is 1.21. The first kappa shape index (κ1) is 12.1. The Hall–Kier alpha value is -1.41. The van der Waals surface area contributed by atoms with E-state index in [4.69, 9.17) is 0 Å². The Morgan fingerprint density at radius 1 is 1.41 bits per heavy atom. The normalized spacial score (nSPS) is 11.4. The lowest BCUT2D eigenvalue weighted by molar-refractivity contribution is 0.599. The number of nitrogens with zero attached hydrogens (tertiary/aromatic N) is 3. The summed E-state index contributed by atoms with van der Waals surface area (Å²) < 4.78 is 28.4. The number of anilines is 1. The van der Waals surface area contributed by atoms with Crippen molar-refractivity contribution >= 4 is 31.8 Å². The van der Waals surface area contributed by atoms with Crippen molar-refractivity contribution in [2.24, 2.45) is 7.05 Å². The van der Waals surface area contributed by atoms with Crippen LogP contribution in [-0.4, -0.2) is 23.2 Å². The van der Waals surface area contributed by atoms with Crippen molar-refractivity contribution in [2.75, 3.05) is 4.72 Å². The number of aromatic nitrogens is 3. The lowest BCUT2D eigenvalue weighted by Gasteiger charge is -2.07. The molecule has 0 aromatic carbocycles. The molecule has 2 heterocycles. The summed E-state index contributed by atoms with van der Waals surface area (Å²) in [5.74, 6) is 0.393. The van der Waals surface area contributed by atoms with Crippen LogP contribution < -0.4 is 4.72 Å². The summed E-state index contributed by atoms with van der Waals surface area (Å²) in [5.41, 5.74) is 0. The van der Waals surface area contributed by atoms with Crippen molar-refractivity contribution in [3.8, 4) is 0 Å². The number of rotatable bonds is 3. The van der Waals surface area contributed by atoms with Gasteiger partial charge in [-0.25, -0.2) is 8.42 Å². The average molecular weight is 317 g/mol. The molecule has 0 aliphatic rings. The first-order valence-electron chi connectivity index (χ1n) is 4.60. The molecule has 2 aromatic heterocycles. The predicted molar refractivity (Wildman–Crippen MR) is 66.0 cm³/mol. The summed E-state index contributed by atoms with van der Waals surface area (Å²) in [6.45, 7) is 0. The van der Waals surface area contributed by atoms with Crippen LogP contribution in [0.15, 0.2) is 40.1 Å². The molecule has 8 heteroatoms. The third kappa shape index (κ3) is 2.64. The molecule has 2 rings (SSSR count). The zero-order chi connectivity index (χ0) is 12.5. The van der Waals surface area contributed by atoms with E-state index in [2.05, 4.69) is 30.7 Å². The summed E-state index contributed by atoms with van der Waals surface area (Å²) in [7, 11) is -1.98. The second-order valence-corrected chi connectivity index (χ2v) is 5.88. The van der Waals surface area contributed by atoms with Crippen molar-refractivity contribution in [1.82, 2.24) is 14.8 Å². The highest BCUT2D eigenvalue weighted by Crippen LogP contribution is 2.17. The van der Waals surface area contributed by atoms with Crippen molar-refractivity contribution in [3.05, 3.63) is 35.2 Å². The summed E-state index contributed by atoms with van der Waals surface area (Å²) in [6.07, 6.45) is 4.31. The van der Waals surface area contributed by atoms with Gasteiger partial charge >= 0.3 is 0 Å². The van der Waals surface area contributed by atoms with Gasteiger partial charge in [-0.15, -0.1) is 0 Å². The second-order valence-electron chi connectivity index (χ2n) is 3.28. The van der Waals surface area contributed by atoms with E-state index in [0.717, 1.165) is 0 Å². The molecule has 0 radical (unpaired) electrons. The molecule has 2 aromatic rings. The first-order chi connectivity index (χ1) is 7.99. The van der Waals surface area contributed by atoms with Crippen LogP contribution in [0.3, 0.4) is 0 Å². The van der Waals surface area contributed by atoms with Gasteiger partial charge in [0.1, 0.15) is 10.7 Å². The van der Waals surface area contributed by atoms with Gasteiger partial charge in [0.25, 0.3) is 10.0 Å². The molecule has 17 heavy (non-hydrogen) atoms. The Kier molecular flexibility index (Phi) is 3.16. The molecule has 0 atom stereocenters. The van der Waals surface area contributed by atoms with Gasteiger partial charge in [-0.3, -0.25) is 14.4 Å². The van der Waals surface area contributed by atoms with E-state index in [1.54, 1.807) is 13.1 Å². The predicted octanol–water partition coefficient (Wildman–Crippen LogP) is 1.38. The highest BCUT2D eigenvalue weighted by Gasteiger charge is 2.16. The molecule has 0 aliphatic carbocycles. The van der Waals surface area contributed by atoms with Gasteiger partial charge in [-0.05, 0) is 22.0 Å². The molecule has 6 nitrogen and oxygen atoms in total. The average Bonchev–Trinajstić information content (AvgIpc) is 2.64. The van der Waals surface area contributed by atoms with E-state index in [-0.39, 0.29) is 4.90 Å². The zero-order valence-corrected chi connectivity index (χ0v) is 11.2. The topological polar surface area (TPSA) is 76.9 Å². The van der Waals surface area contributed by atoms with Gasteiger partial charge in [0.05, 0.1) is 6.20 Å². The van der Waals surface area contributed by atoms with Crippen LogP contribution in [0.25, 0.3) is 0 Å². The Bertz CT molecular complexity index is 638. The number of sulfonamides is 1. The van der Waals surface area contributed by atoms with Crippen LogP contribution in [0, 0.1) is 0 Å². The van der Waals surface area contributed by atoms with E-state index in [0.29, 0.717) is 10.3 Å². The fraction of sp³-hybridized carbons (Fsp3) is 0.111. The van der Waals surface area contributed by atoms with E-state index in [1.165, 1.54) is 29.3 Å². The Labute approximate surface area is 107 Å². The smallest absolute Gasteiger partial charge is 0.264 e.